The van der Waals surface area contributed by atoms with Crippen molar-refractivity contribution >= 4 is 11.5 Å². The molecule has 0 fully saturated rings. The Hall–Kier alpha value is -2.56. The normalized spacial score (nSPS) is 10.7. The molecule has 0 saturated carbocycles. The van der Waals surface area contributed by atoms with Gasteiger partial charge in [0.1, 0.15) is 11.6 Å². The molecule has 3 rings (SSSR count). The number of hydrogen-bond acceptors (Lipinski definition) is 4. The molecule has 2 heterocycles. The third-order valence-electron chi connectivity index (χ3n) is 2.76. The third-order valence-corrected chi connectivity index (χ3v) is 2.76. The summed E-state index contributed by atoms with van der Waals surface area (Å²) in [5.74, 6) is 1.30. The highest BCUT2D eigenvalue weighted by Crippen LogP contribution is 2.22. The van der Waals surface area contributed by atoms with Crippen molar-refractivity contribution in [1.82, 2.24) is 14.6 Å². The lowest BCUT2D eigenvalue weighted by atomic mass is 10.1. The first-order valence-corrected chi connectivity index (χ1v) is 5.51. The first-order chi connectivity index (χ1) is 8.76. The van der Waals surface area contributed by atoms with Crippen LogP contribution in [-0.4, -0.2) is 21.7 Å². The average Bonchev–Trinajstić information content (AvgIpc) is 2.78. The summed E-state index contributed by atoms with van der Waals surface area (Å²) >= 11 is 0. The largest absolute Gasteiger partial charge is 0.497 e. The molecule has 1 aromatic carbocycles. The van der Waals surface area contributed by atoms with E-state index in [4.69, 9.17) is 10.5 Å². The SMILES string of the molecule is COc1ccc(-c2cnc3cc(N)nn3c2)cc1. The van der Waals surface area contributed by atoms with Crippen molar-refractivity contribution < 1.29 is 4.74 Å². The summed E-state index contributed by atoms with van der Waals surface area (Å²) in [5, 5.41) is 4.14. The molecule has 3 aromatic rings. The van der Waals surface area contributed by atoms with Gasteiger partial charge in [-0.15, -0.1) is 5.10 Å². The van der Waals surface area contributed by atoms with E-state index in [1.807, 2.05) is 30.5 Å². The molecular weight excluding hydrogens is 228 g/mol. The van der Waals surface area contributed by atoms with E-state index < -0.39 is 0 Å². The number of hydrogen-bond donors (Lipinski definition) is 1. The van der Waals surface area contributed by atoms with Gasteiger partial charge in [-0.25, -0.2) is 9.50 Å². The highest BCUT2D eigenvalue weighted by atomic mass is 16.5. The molecular formula is C13H12N4O. The Morgan fingerprint density at radius 1 is 1.17 bits per heavy atom. The molecule has 0 radical (unpaired) electrons. The van der Waals surface area contributed by atoms with Crippen LogP contribution >= 0.6 is 0 Å². The van der Waals surface area contributed by atoms with E-state index in [1.54, 1.807) is 23.9 Å². The molecule has 18 heavy (non-hydrogen) atoms. The molecule has 90 valence electrons. The van der Waals surface area contributed by atoms with E-state index >= 15 is 0 Å². The fraction of sp³-hybridized carbons (Fsp3) is 0.0769. The predicted octanol–water partition coefficient (Wildman–Crippen LogP) is 1.99. The maximum Gasteiger partial charge on any atom is 0.157 e. The van der Waals surface area contributed by atoms with Crippen LogP contribution < -0.4 is 10.5 Å². The van der Waals surface area contributed by atoms with E-state index in [9.17, 15) is 0 Å². The molecule has 0 atom stereocenters. The van der Waals surface area contributed by atoms with Gasteiger partial charge < -0.3 is 10.5 Å². The van der Waals surface area contributed by atoms with Gasteiger partial charge in [-0.05, 0) is 17.7 Å². The second-order valence-corrected chi connectivity index (χ2v) is 3.94. The van der Waals surface area contributed by atoms with Gasteiger partial charge in [-0.3, -0.25) is 0 Å². The lowest BCUT2D eigenvalue weighted by Gasteiger charge is -2.03. The van der Waals surface area contributed by atoms with Crippen LogP contribution in [0.2, 0.25) is 0 Å². The summed E-state index contributed by atoms with van der Waals surface area (Å²) in [4.78, 5) is 4.31. The van der Waals surface area contributed by atoms with E-state index in [0.717, 1.165) is 22.5 Å². The number of rotatable bonds is 2. The van der Waals surface area contributed by atoms with Crippen molar-refractivity contribution in [2.45, 2.75) is 0 Å². The standard InChI is InChI=1S/C13H12N4O/c1-18-11-4-2-9(3-5-11)10-7-15-13-6-12(14)16-17(13)8-10/h2-8H,1H3,(H2,14,16). The fourth-order valence-corrected chi connectivity index (χ4v) is 1.83. The van der Waals surface area contributed by atoms with Crippen molar-refractivity contribution in [3.63, 3.8) is 0 Å². The Bertz CT molecular complexity index is 688. The zero-order valence-corrected chi connectivity index (χ0v) is 9.87. The minimum Gasteiger partial charge on any atom is -0.497 e. The quantitative estimate of drug-likeness (QED) is 0.744. The van der Waals surface area contributed by atoms with Gasteiger partial charge in [0.05, 0.1) is 7.11 Å². The zero-order valence-electron chi connectivity index (χ0n) is 9.87. The molecule has 0 aliphatic heterocycles. The van der Waals surface area contributed by atoms with Crippen molar-refractivity contribution in [2.24, 2.45) is 0 Å². The minimum atomic E-state index is 0.467. The van der Waals surface area contributed by atoms with Crippen LogP contribution in [0, 0.1) is 0 Å². The number of nitrogens with zero attached hydrogens (tertiary/aromatic N) is 3. The van der Waals surface area contributed by atoms with Crippen LogP contribution in [0.15, 0.2) is 42.7 Å². The number of anilines is 1. The van der Waals surface area contributed by atoms with Crippen LogP contribution in [0.3, 0.4) is 0 Å². The Labute approximate surface area is 104 Å². The van der Waals surface area contributed by atoms with Crippen LogP contribution in [0.25, 0.3) is 16.8 Å². The summed E-state index contributed by atoms with van der Waals surface area (Å²) in [6.45, 7) is 0. The maximum absolute atomic E-state index is 5.63. The molecule has 5 heteroatoms. The number of fused-ring (bicyclic) bond motifs is 1. The molecule has 0 spiro atoms. The monoisotopic (exact) mass is 240 g/mol. The second-order valence-electron chi connectivity index (χ2n) is 3.94. The van der Waals surface area contributed by atoms with Crippen LogP contribution in [-0.2, 0) is 0 Å². The Balaban J connectivity index is 2.06. The Morgan fingerprint density at radius 3 is 2.67 bits per heavy atom. The van der Waals surface area contributed by atoms with Gasteiger partial charge in [0, 0.05) is 24.0 Å². The maximum atomic E-state index is 5.63. The van der Waals surface area contributed by atoms with Crippen molar-refractivity contribution in [1.29, 1.82) is 0 Å². The highest BCUT2D eigenvalue weighted by Gasteiger charge is 2.03. The van der Waals surface area contributed by atoms with Crippen molar-refractivity contribution in [2.75, 3.05) is 12.8 Å². The second kappa shape index (κ2) is 4.03. The summed E-state index contributed by atoms with van der Waals surface area (Å²) in [7, 11) is 1.65. The number of methoxy groups -OCH3 is 1. The van der Waals surface area contributed by atoms with Gasteiger partial charge in [-0.1, -0.05) is 12.1 Å². The van der Waals surface area contributed by atoms with Crippen molar-refractivity contribution in [3.05, 3.63) is 42.7 Å². The molecule has 0 aliphatic carbocycles. The topological polar surface area (TPSA) is 65.4 Å². The number of benzene rings is 1. The molecule has 5 nitrogen and oxygen atoms in total. The average molecular weight is 240 g/mol. The van der Waals surface area contributed by atoms with E-state index in [2.05, 4.69) is 10.1 Å². The number of nitrogen functional groups attached to an aromatic ring is 1. The van der Waals surface area contributed by atoms with Gasteiger partial charge in [0.25, 0.3) is 0 Å². The minimum absolute atomic E-state index is 0.467. The Morgan fingerprint density at radius 2 is 1.94 bits per heavy atom. The van der Waals surface area contributed by atoms with Crippen LogP contribution in [0.1, 0.15) is 0 Å². The van der Waals surface area contributed by atoms with Crippen molar-refractivity contribution in [3.8, 4) is 16.9 Å². The lowest BCUT2D eigenvalue weighted by molar-refractivity contribution is 0.415. The molecule has 0 aliphatic rings. The van der Waals surface area contributed by atoms with E-state index in [0.29, 0.717) is 5.82 Å². The smallest absolute Gasteiger partial charge is 0.157 e. The first-order valence-electron chi connectivity index (χ1n) is 5.51. The summed E-state index contributed by atoms with van der Waals surface area (Å²) in [5.41, 5.74) is 8.40. The molecule has 0 amide bonds. The summed E-state index contributed by atoms with van der Waals surface area (Å²) in [6.07, 6.45) is 3.71. The highest BCUT2D eigenvalue weighted by molar-refractivity contribution is 5.64. The zero-order chi connectivity index (χ0) is 12.5. The predicted molar refractivity (Wildman–Crippen MR) is 69.4 cm³/mol. The van der Waals surface area contributed by atoms with Gasteiger partial charge in [0.15, 0.2) is 5.65 Å². The van der Waals surface area contributed by atoms with Crippen LogP contribution in [0.5, 0.6) is 5.75 Å². The van der Waals surface area contributed by atoms with E-state index in [1.165, 1.54) is 0 Å². The molecule has 0 unspecified atom stereocenters. The van der Waals surface area contributed by atoms with E-state index in [-0.39, 0.29) is 0 Å². The molecule has 0 bridgehead atoms. The summed E-state index contributed by atoms with van der Waals surface area (Å²) < 4.78 is 6.80. The molecule has 0 saturated heterocycles. The molecule has 2 N–H and O–H groups in total. The lowest BCUT2D eigenvalue weighted by Crippen LogP contribution is -1.92. The van der Waals surface area contributed by atoms with Crippen LogP contribution in [0.4, 0.5) is 5.82 Å². The van der Waals surface area contributed by atoms with Gasteiger partial charge >= 0.3 is 0 Å². The Kier molecular flexibility index (Phi) is 2.37. The first kappa shape index (κ1) is 10.6. The number of aromatic nitrogens is 3. The molecule has 2 aromatic heterocycles. The van der Waals surface area contributed by atoms with Gasteiger partial charge in [0.2, 0.25) is 0 Å². The number of nitrogens with two attached hydrogens (primary N) is 1. The van der Waals surface area contributed by atoms with Gasteiger partial charge in [-0.2, -0.15) is 0 Å². The summed E-state index contributed by atoms with van der Waals surface area (Å²) in [6, 6.07) is 9.52. The third kappa shape index (κ3) is 1.75. The number of ether oxygens (including phenoxy) is 1. The fourth-order valence-electron chi connectivity index (χ4n) is 1.83.